The summed E-state index contributed by atoms with van der Waals surface area (Å²) in [6, 6.07) is 3.71. The summed E-state index contributed by atoms with van der Waals surface area (Å²) in [7, 11) is 0. The largest absolute Gasteiger partial charge is 0.462 e. The molecule has 1 aliphatic heterocycles. The number of hydrogen-bond donors (Lipinski definition) is 1. The van der Waals surface area contributed by atoms with Crippen molar-refractivity contribution >= 4 is 45.5 Å². The number of ether oxygens (including phenoxy) is 1. The quantitative estimate of drug-likeness (QED) is 0.603. The number of hydrogen-bond acceptors (Lipinski definition) is 6. The standard InChI is InChI=1S/C19H20ClN3O3S/c1-2-26-19(25)16-13-7-8-23(12-5-6-15(20)21-9-12)10-14(13)27-18(16)22-17(24)11-3-4-11/h5-6,9,11H,2-4,7-8,10H2,1H3,(H,22,24). The topological polar surface area (TPSA) is 71.5 Å². The summed E-state index contributed by atoms with van der Waals surface area (Å²) in [5, 5.41) is 4.04. The smallest absolute Gasteiger partial charge is 0.341 e. The van der Waals surface area contributed by atoms with E-state index in [1.807, 2.05) is 6.07 Å². The van der Waals surface area contributed by atoms with Crippen molar-refractivity contribution in [3.8, 4) is 0 Å². The second-order valence-electron chi connectivity index (χ2n) is 6.70. The number of fused-ring (bicyclic) bond motifs is 1. The zero-order valence-electron chi connectivity index (χ0n) is 15.0. The highest BCUT2D eigenvalue weighted by molar-refractivity contribution is 7.17. The third kappa shape index (κ3) is 3.80. The van der Waals surface area contributed by atoms with Crippen LogP contribution < -0.4 is 10.2 Å². The summed E-state index contributed by atoms with van der Waals surface area (Å²) in [6.45, 7) is 3.51. The van der Waals surface area contributed by atoms with E-state index < -0.39 is 0 Å². The van der Waals surface area contributed by atoms with Gasteiger partial charge >= 0.3 is 5.97 Å². The van der Waals surface area contributed by atoms with E-state index in [1.54, 1.807) is 19.2 Å². The summed E-state index contributed by atoms with van der Waals surface area (Å²) in [5.74, 6) is -0.281. The minimum Gasteiger partial charge on any atom is -0.462 e. The number of anilines is 2. The van der Waals surface area contributed by atoms with Crippen LogP contribution in [-0.2, 0) is 22.5 Å². The fourth-order valence-corrected chi connectivity index (χ4v) is 4.61. The van der Waals surface area contributed by atoms with E-state index in [9.17, 15) is 9.59 Å². The maximum Gasteiger partial charge on any atom is 0.341 e. The van der Waals surface area contributed by atoms with Gasteiger partial charge in [0.1, 0.15) is 10.2 Å². The van der Waals surface area contributed by atoms with Crippen LogP contribution in [0.5, 0.6) is 0 Å². The van der Waals surface area contributed by atoms with Crippen LogP contribution in [0, 0.1) is 5.92 Å². The van der Waals surface area contributed by atoms with E-state index in [-0.39, 0.29) is 17.8 Å². The fourth-order valence-electron chi connectivity index (χ4n) is 3.25. The number of nitrogens with zero attached hydrogens (tertiary/aromatic N) is 2. The average Bonchev–Trinajstić information content (AvgIpc) is 3.44. The predicted molar refractivity (Wildman–Crippen MR) is 106 cm³/mol. The van der Waals surface area contributed by atoms with Crippen LogP contribution in [0.15, 0.2) is 18.3 Å². The number of aromatic nitrogens is 1. The molecule has 0 saturated heterocycles. The molecule has 2 aromatic heterocycles. The number of thiophene rings is 1. The molecule has 142 valence electrons. The first-order chi connectivity index (χ1) is 13.1. The van der Waals surface area contributed by atoms with E-state index in [4.69, 9.17) is 16.3 Å². The minimum absolute atomic E-state index is 0.00194. The molecule has 1 fully saturated rings. The number of nitrogens with one attached hydrogen (secondary N) is 1. The van der Waals surface area contributed by atoms with Gasteiger partial charge in [0, 0.05) is 17.3 Å². The summed E-state index contributed by atoms with van der Waals surface area (Å²) in [6.07, 6.45) is 4.30. The molecule has 8 heteroatoms. The summed E-state index contributed by atoms with van der Waals surface area (Å²) in [5.41, 5.74) is 2.50. The van der Waals surface area contributed by atoms with Crippen molar-refractivity contribution < 1.29 is 14.3 Å². The molecule has 2 aliphatic rings. The predicted octanol–water partition coefficient (Wildman–Crippen LogP) is 3.88. The lowest BCUT2D eigenvalue weighted by atomic mass is 10.0. The zero-order chi connectivity index (χ0) is 19.0. The second-order valence-corrected chi connectivity index (χ2v) is 8.20. The number of rotatable bonds is 5. The molecule has 1 saturated carbocycles. The molecule has 0 spiro atoms. The molecule has 0 bridgehead atoms. The van der Waals surface area contributed by atoms with Gasteiger partial charge in [-0.3, -0.25) is 4.79 Å². The molecular weight excluding hydrogens is 386 g/mol. The molecule has 0 aromatic carbocycles. The number of halogens is 1. The molecule has 3 heterocycles. The monoisotopic (exact) mass is 405 g/mol. The lowest BCUT2D eigenvalue weighted by Crippen LogP contribution is -2.30. The Hall–Kier alpha value is -2.12. The molecule has 0 radical (unpaired) electrons. The number of carbonyl (C=O) groups excluding carboxylic acids is 2. The van der Waals surface area contributed by atoms with Gasteiger partial charge in [-0.2, -0.15) is 0 Å². The first-order valence-electron chi connectivity index (χ1n) is 9.05. The zero-order valence-corrected chi connectivity index (χ0v) is 16.5. The molecule has 4 rings (SSSR count). The Balaban J connectivity index is 1.63. The number of pyridine rings is 1. The van der Waals surface area contributed by atoms with E-state index >= 15 is 0 Å². The van der Waals surface area contributed by atoms with Crippen LogP contribution in [0.1, 0.15) is 40.6 Å². The lowest BCUT2D eigenvalue weighted by molar-refractivity contribution is -0.117. The van der Waals surface area contributed by atoms with Gasteiger partial charge < -0.3 is 15.0 Å². The van der Waals surface area contributed by atoms with Crippen LogP contribution in [-0.4, -0.2) is 30.0 Å². The Labute approximate surface area is 166 Å². The van der Waals surface area contributed by atoms with Crippen molar-refractivity contribution in [1.82, 2.24) is 4.98 Å². The Morgan fingerprint density at radius 2 is 2.22 bits per heavy atom. The number of amides is 1. The summed E-state index contributed by atoms with van der Waals surface area (Å²) < 4.78 is 5.25. The third-order valence-corrected chi connectivity index (χ3v) is 6.15. The molecule has 0 unspecified atom stereocenters. The van der Waals surface area contributed by atoms with Gasteiger partial charge in [0.15, 0.2) is 0 Å². The van der Waals surface area contributed by atoms with Gasteiger partial charge in [-0.1, -0.05) is 11.6 Å². The Morgan fingerprint density at radius 3 is 2.89 bits per heavy atom. The second kappa shape index (κ2) is 7.48. The van der Waals surface area contributed by atoms with Crippen LogP contribution in [0.2, 0.25) is 5.15 Å². The average molecular weight is 406 g/mol. The van der Waals surface area contributed by atoms with Crippen molar-refractivity contribution in [2.45, 2.75) is 32.7 Å². The van der Waals surface area contributed by atoms with Crippen molar-refractivity contribution in [2.24, 2.45) is 5.92 Å². The molecule has 1 N–H and O–H groups in total. The van der Waals surface area contributed by atoms with Crippen molar-refractivity contribution in [3.63, 3.8) is 0 Å². The highest BCUT2D eigenvalue weighted by Gasteiger charge is 2.33. The first kappa shape index (κ1) is 18.3. The van der Waals surface area contributed by atoms with Crippen molar-refractivity contribution in [3.05, 3.63) is 39.5 Å². The maximum atomic E-state index is 12.5. The molecule has 0 atom stereocenters. The van der Waals surface area contributed by atoms with Crippen molar-refractivity contribution in [2.75, 3.05) is 23.4 Å². The van der Waals surface area contributed by atoms with E-state index in [2.05, 4.69) is 15.2 Å². The van der Waals surface area contributed by atoms with Gasteiger partial charge in [-0.25, -0.2) is 9.78 Å². The van der Waals surface area contributed by atoms with Gasteiger partial charge in [0.2, 0.25) is 5.91 Å². The van der Waals surface area contributed by atoms with Crippen LogP contribution >= 0.6 is 22.9 Å². The molecule has 6 nitrogen and oxygen atoms in total. The maximum absolute atomic E-state index is 12.5. The highest BCUT2D eigenvalue weighted by Crippen LogP contribution is 2.40. The van der Waals surface area contributed by atoms with Crippen molar-refractivity contribution in [1.29, 1.82) is 0 Å². The third-order valence-electron chi connectivity index (χ3n) is 4.80. The molecule has 27 heavy (non-hydrogen) atoms. The van der Waals surface area contributed by atoms with Gasteiger partial charge in [-0.05, 0) is 43.9 Å². The highest BCUT2D eigenvalue weighted by atomic mass is 35.5. The van der Waals surface area contributed by atoms with Gasteiger partial charge in [0.25, 0.3) is 0 Å². The number of esters is 1. The number of carbonyl (C=O) groups is 2. The van der Waals surface area contributed by atoms with Crippen LogP contribution in [0.3, 0.4) is 0 Å². The molecule has 1 amide bonds. The SMILES string of the molecule is CCOC(=O)c1c(NC(=O)C2CC2)sc2c1CCN(c1ccc(Cl)nc1)C2. The van der Waals surface area contributed by atoms with E-state index in [1.165, 1.54) is 11.3 Å². The Bertz CT molecular complexity index is 877. The fraction of sp³-hybridized carbons (Fsp3) is 0.421. The van der Waals surface area contributed by atoms with E-state index in [0.717, 1.165) is 35.5 Å². The lowest BCUT2D eigenvalue weighted by Gasteiger charge is -2.28. The van der Waals surface area contributed by atoms with Gasteiger partial charge in [0.05, 0.1) is 30.6 Å². The Kier molecular flexibility index (Phi) is 5.06. The summed E-state index contributed by atoms with van der Waals surface area (Å²) in [4.78, 5) is 32.2. The molecular formula is C19H20ClN3O3S. The Morgan fingerprint density at radius 1 is 1.41 bits per heavy atom. The van der Waals surface area contributed by atoms with Crippen LogP contribution in [0.4, 0.5) is 10.7 Å². The van der Waals surface area contributed by atoms with Gasteiger partial charge in [-0.15, -0.1) is 11.3 Å². The summed E-state index contributed by atoms with van der Waals surface area (Å²) >= 11 is 7.35. The van der Waals surface area contributed by atoms with Crippen LogP contribution in [0.25, 0.3) is 0 Å². The van der Waals surface area contributed by atoms with E-state index in [0.29, 0.717) is 35.3 Å². The normalized spacial score (nSPS) is 16.0. The first-order valence-corrected chi connectivity index (χ1v) is 10.2. The molecule has 1 aliphatic carbocycles. The minimum atomic E-state index is -0.359. The molecule has 2 aromatic rings.